The van der Waals surface area contributed by atoms with E-state index in [1.165, 1.54) is 12.1 Å². The van der Waals surface area contributed by atoms with Gasteiger partial charge in [-0.25, -0.2) is 0 Å². The van der Waals surface area contributed by atoms with E-state index in [2.05, 4.69) is 9.77 Å². The van der Waals surface area contributed by atoms with Gasteiger partial charge >= 0.3 is 12.4 Å². The number of pyridine rings is 1. The molecule has 10 heteroatoms. The Labute approximate surface area is 149 Å². The predicted molar refractivity (Wildman–Crippen MR) is 83.9 cm³/mol. The second kappa shape index (κ2) is 6.58. The van der Waals surface area contributed by atoms with Crippen molar-refractivity contribution in [2.45, 2.75) is 12.7 Å². The number of hydrogen-bond acceptors (Lipinski definition) is 4. The van der Waals surface area contributed by atoms with Gasteiger partial charge in [-0.05, 0) is 23.8 Å². The van der Waals surface area contributed by atoms with Crippen LogP contribution in [0.4, 0.5) is 13.2 Å². The monoisotopic (exact) mass is 374 g/mol. The number of aromatic nitrogens is 1. The van der Waals surface area contributed by atoms with Crippen molar-refractivity contribution < 1.29 is 32.3 Å². The lowest BCUT2D eigenvalue weighted by Crippen LogP contribution is -2.30. The molecule has 1 aromatic heterocycles. The summed E-state index contributed by atoms with van der Waals surface area (Å²) in [5.74, 6) is -2.30. The number of imide groups is 1. The molecule has 0 radical (unpaired) electrons. The molecule has 0 fully saturated rings. The number of alkyl halides is 3. The van der Waals surface area contributed by atoms with Crippen LogP contribution in [0.15, 0.2) is 36.5 Å². The fraction of sp³-hybridized carbons (Fsp3) is 0.118. The standard InChI is InChI=1S/C17H9F3N4O3/c18-17(19,20)14-5-9(12(6-22-14)13(25)7-23-21)8-24-15(26)10-3-1-2-4-11(10)16(24)27/h1-7H,8H2. The minimum Gasteiger partial charge on any atom is -0.361 e. The molecular weight excluding hydrogens is 365 g/mol. The first-order valence-electron chi connectivity index (χ1n) is 7.47. The van der Waals surface area contributed by atoms with E-state index in [9.17, 15) is 27.6 Å². The number of benzene rings is 1. The summed E-state index contributed by atoms with van der Waals surface area (Å²) in [5.41, 5.74) is 6.87. The summed E-state index contributed by atoms with van der Waals surface area (Å²) >= 11 is 0. The largest absolute Gasteiger partial charge is 0.433 e. The lowest BCUT2D eigenvalue weighted by molar-refractivity contribution is -0.141. The first-order chi connectivity index (χ1) is 12.7. The van der Waals surface area contributed by atoms with Crippen LogP contribution in [0, 0.1) is 0 Å². The van der Waals surface area contributed by atoms with Gasteiger partial charge in [0.15, 0.2) is 0 Å². The minimum absolute atomic E-state index is 0.123. The lowest BCUT2D eigenvalue weighted by atomic mass is 10.0. The van der Waals surface area contributed by atoms with E-state index in [4.69, 9.17) is 5.53 Å². The van der Waals surface area contributed by atoms with Crippen molar-refractivity contribution in [1.29, 1.82) is 0 Å². The Balaban J connectivity index is 2.05. The first kappa shape index (κ1) is 18.2. The van der Waals surface area contributed by atoms with Gasteiger partial charge in [0.25, 0.3) is 17.6 Å². The number of ketones is 1. The van der Waals surface area contributed by atoms with Crippen LogP contribution in [0.25, 0.3) is 5.53 Å². The van der Waals surface area contributed by atoms with Gasteiger partial charge in [-0.3, -0.25) is 24.3 Å². The molecule has 0 saturated heterocycles. The zero-order valence-electron chi connectivity index (χ0n) is 13.4. The highest BCUT2D eigenvalue weighted by Gasteiger charge is 2.37. The maximum atomic E-state index is 13.0. The smallest absolute Gasteiger partial charge is 0.361 e. The predicted octanol–water partition coefficient (Wildman–Crippen LogP) is 2.38. The normalized spacial score (nSPS) is 13.4. The molecule has 1 aliphatic rings. The Morgan fingerprint density at radius 2 is 1.78 bits per heavy atom. The molecule has 7 nitrogen and oxygen atoms in total. The molecule has 2 heterocycles. The van der Waals surface area contributed by atoms with Gasteiger partial charge in [-0.15, -0.1) is 0 Å². The van der Waals surface area contributed by atoms with Crippen LogP contribution in [0.2, 0.25) is 0 Å². The number of halogens is 3. The van der Waals surface area contributed by atoms with Gasteiger partial charge in [-0.1, -0.05) is 12.1 Å². The fourth-order valence-electron chi connectivity index (χ4n) is 2.68. The summed E-state index contributed by atoms with van der Waals surface area (Å²) in [7, 11) is 0. The van der Waals surface area contributed by atoms with Gasteiger partial charge in [-0.2, -0.15) is 18.0 Å². The van der Waals surface area contributed by atoms with Crippen LogP contribution in [0.5, 0.6) is 0 Å². The molecule has 27 heavy (non-hydrogen) atoms. The summed E-state index contributed by atoms with van der Waals surface area (Å²) in [4.78, 5) is 43.3. The summed E-state index contributed by atoms with van der Waals surface area (Å²) < 4.78 is 38.9. The molecule has 136 valence electrons. The van der Waals surface area contributed by atoms with Crippen LogP contribution in [0.3, 0.4) is 0 Å². The average molecular weight is 374 g/mol. The number of fused-ring (bicyclic) bond motifs is 1. The number of carbonyl (C=O) groups excluding carboxylic acids is 3. The summed E-state index contributed by atoms with van der Waals surface area (Å²) in [5, 5.41) is 0. The van der Waals surface area contributed by atoms with E-state index in [0.717, 1.165) is 4.90 Å². The highest BCUT2D eigenvalue weighted by molar-refractivity contribution is 6.33. The minimum atomic E-state index is -4.79. The second-order valence-corrected chi connectivity index (χ2v) is 5.58. The Morgan fingerprint density at radius 1 is 1.19 bits per heavy atom. The van der Waals surface area contributed by atoms with E-state index < -0.39 is 36.0 Å². The molecule has 0 atom stereocenters. The average Bonchev–Trinajstić information content (AvgIpc) is 2.86. The van der Waals surface area contributed by atoms with Crippen LogP contribution in [0.1, 0.15) is 42.3 Å². The lowest BCUT2D eigenvalue weighted by Gasteiger charge is -2.16. The number of rotatable bonds is 4. The zero-order chi connectivity index (χ0) is 19.8. The van der Waals surface area contributed by atoms with Crippen molar-refractivity contribution in [2.24, 2.45) is 0 Å². The molecule has 1 aromatic carbocycles. The summed E-state index contributed by atoms with van der Waals surface area (Å²) in [6.45, 7) is -0.571. The van der Waals surface area contributed by atoms with Crippen LogP contribution >= 0.6 is 0 Å². The van der Waals surface area contributed by atoms with E-state index >= 15 is 0 Å². The SMILES string of the molecule is [N-]=[N+]=CC(=O)c1cnc(C(F)(F)F)cc1CN1C(=O)c2ccccc2C1=O. The Morgan fingerprint density at radius 3 is 2.30 bits per heavy atom. The van der Waals surface area contributed by atoms with E-state index in [1.54, 1.807) is 12.1 Å². The first-order valence-corrected chi connectivity index (χ1v) is 7.47. The van der Waals surface area contributed by atoms with Crippen molar-refractivity contribution in [1.82, 2.24) is 9.88 Å². The highest BCUT2D eigenvalue weighted by Crippen LogP contribution is 2.30. The molecule has 0 spiro atoms. The third kappa shape index (κ3) is 3.25. The summed E-state index contributed by atoms with van der Waals surface area (Å²) in [6.07, 6.45) is -3.64. The van der Waals surface area contributed by atoms with E-state index in [1.807, 2.05) is 0 Å². The van der Waals surface area contributed by atoms with E-state index in [-0.39, 0.29) is 22.3 Å². The van der Waals surface area contributed by atoms with Gasteiger partial charge < -0.3 is 5.53 Å². The third-order valence-electron chi connectivity index (χ3n) is 3.93. The molecule has 2 aromatic rings. The Bertz CT molecular complexity index is 991. The second-order valence-electron chi connectivity index (χ2n) is 5.58. The molecular formula is C17H9F3N4O3. The fourth-order valence-corrected chi connectivity index (χ4v) is 2.68. The maximum Gasteiger partial charge on any atom is 0.433 e. The van der Waals surface area contributed by atoms with Crippen LogP contribution in [-0.4, -0.2) is 38.5 Å². The quantitative estimate of drug-likeness (QED) is 0.269. The van der Waals surface area contributed by atoms with Crippen molar-refractivity contribution in [2.75, 3.05) is 0 Å². The molecule has 0 aliphatic carbocycles. The number of Topliss-reactive ketones (excluding diaryl/α,β-unsaturated/α-hetero) is 1. The molecule has 3 rings (SSSR count). The third-order valence-corrected chi connectivity index (χ3v) is 3.93. The van der Waals surface area contributed by atoms with Gasteiger partial charge in [0.05, 0.1) is 23.2 Å². The van der Waals surface area contributed by atoms with Crippen molar-refractivity contribution in [3.63, 3.8) is 0 Å². The Hall–Kier alpha value is -3.65. The molecule has 0 saturated carbocycles. The Kier molecular flexibility index (Phi) is 4.42. The van der Waals surface area contributed by atoms with Gasteiger partial charge in [0.2, 0.25) is 0 Å². The number of amides is 2. The van der Waals surface area contributed by atoms with Crippen LogP contribution < -0.4 is 0 Å². The molecule has 0 bridgehead atoms. The number of hydrogen-bond donors (Lipinski definition) is 0. The van der Waals surface area contributed by atoms with Crippen LogP contribution in [-0.2, 0) is 12.7 Å². The van der Waals surface area contributed by atoms with E-state index in [0.29, 0.717) is 18.5 Å². The van der Waals surface area contributed by atoms with Crippen molar-refractivity contribution in [3.05, 3.63) is 70.0 Å². The van der Waals surface area contributed by atoms with Crippen molar-refractivity contribution >= 4 is 23.8 Å². The highest BCUT2D eigenvalue weighted by atomic mass is 19.4. The molecule has 1 aliphatic heterocycles. The summed E-state index contributed by atoms with van der Waals surface area (Å²) in [6, 6.07) is 6.53. The zero-order valence-corrected chi connectivity index (χ0v) is 13.4. The molecule has 2 amide bonds. The maximum absolute atomic E-state index is 13.0. The van der Waals surface area contributed by atoms with Gasteiger partial charge in [0, 0.05) is 6.20 Å². The molecule has 0 unspecified atom stereocenters. The van der Waals surface area contributed by atoms with Crippen molar-refractivity contribution in [3.8, 4) is 0 Å². The topological polar surface area (TPSA) is 104 Å². The molecule has 0 N–H and O–H groups in total. The van der Waals surface area contributed by atoms with Gasteiger partial charge in [0.1, 0.15) is 5.69 Å². The number of nitrogens with zero attached hydrogens (tertiary/aromatic N) is 4. The number of carbonyl (C=O) groups is 3.